The molecule has 306 valence electrons. The van der Waals surface area contributed by atoms with Crippen molar-refractivity contribution in [3.63, 3.8) is 0 Å². The van der Waals surface area contributed by atoms with Crippen molar-refractivity contribution in [2.24, 2.45) is 5.73 Å². The predicted molar refractivity (Wildman–Crippen MR) is 273 cm³/mol. The highest BCUT2D eigenvalue weighted by atomic mass is 32.1. The van der Waals surface area contributed by atoms with Crippen LogP contribution in [0.4, 0.5) is 5.69 Å². The summed E-state index contributed by atoms with van der Waals surface area (Å²) < 4.78 is 0. The van der Waals surface area contributed by atoms with Gasteiger partial charge in [-0.2, -0.15) is 0 Å². The molecule has 0 heterocycles. The van der Waals surface area contributed by atoms with E-state index in [0.29, 0.717) is 0 Å². The highest BCUT2D eigenvalue weighted by Crippen LogP contribution is 2.56. The Morgan fingerprint density at radius 1 is 0.603 bits per heavy atom. The lowest BCUT2D eigenvalue weighted by Crippen LogP contribution is -2.20. The normalized spacial score (nSPS) is 17.4. The first-order valence-electron chi connectivity index (χ1n) is 22.3. The molecule has 0 aromatic heterocycles. The van der Waals surface area contributed by atoms with Crippen LogP contribution in [-0.2, 0) is 16.2 Å². The van der Waals surface area contributed by atoms with Gasteiger partial charge in [-0.25, -0.2) is 0 Å². The number of allylic oxidation sites excluding steroid dienone is 5. The largest absolute Gasteiger partial charge is 0.398 e. The molecule has 7 aromatic rings. The first-order valence-corrected chi connectivity index (χ1v) is 22.7. The minimum absolute atomic E-state index is 0.222. The number of hydrogen-bond acceptors (Lipinski definition) is 3. The Labute approximate surface area is 378 Å². The molecule has 63 heavy (non-hydrogen) atoms. The van der Waals surface area contributed by atoms with Gasteiger partial charge in [0.2, 0.25) is 0 Å². The fourth-order valence-corrected chi connectivity index (χ4v) is 12.0. The molecule has 4 aliphatic rings. The Hall–Kier alpha value is -6.23. The van der Waals surface area contributed by atoms with Crippen molar-refractivity contribution in [1.82, 2.24) is 0 Å². The van der Waals surface area contributed by atoms with Gasteiger partial charge in [-0.1, -0.05) is 174 Å². The van der Waals surface area contributed by atoms with E-state index in [2.05, 4.69) is 199 Å². The summed E-state index contributed by atoms with van der Waals surface area (Å²) in [4.78, 5) is 0.907. The van der Waals surface area contributed by atoms with Crippen LogP contribution in [0.5, 0.6) is 0 Å². The van der Waals surface area contributed by atoms with Crippen molar-refractivity contribution in [3.8, 4) is 22.3 Å². The van der Waals surface area contributed by atoms with Crippen LogP contribution in [0.25, 0.3) is 66.8 Å². The molecule has 2 radical (unpaired) electrons. The molecule has 0 fully saturated rings. The lowest BCUT2D eigenvalue weighted by molar-refractivity contribution is 0.652. The van der Waals surface area contributed by atoms with Gasteiger partial charge in [-0.05, 0) is 125 Å². The van der Waals surface area contributed by atoms with Crippen molar-refractivity contribution >= 4 is 76.2 Å². The Morgan fingerprint density at radius 3 is 2.06 bits per heavy atom. The van der Waals surface area contributed by atoms with Crippen LogP contribution in [0.1, 0.15) is 93.3 Å². The summed E-state index contributed by atoms with van der Waals surface area (Å²) in [5, 5.41) is 9.33. The van der Waals surface area contributed by atoms with Gasteiger partial charge in [0.1, 0.15) is 7.85 Å². The second-order valence-corrected chi connectivity index (χ2v) is 19.9. The summed E-state index contributed by atoms with van der Waals surface area (Å²) in [6, 6.07) is 48.4. The average molecular weight is 831 g/mol. The maximum absolute atomic E-state index is 7.92. The predicted octanol–water partition coefficient (Wildman–Crippen LogP) is 13.3. The molecule has 2 bridgehead atoms. The molecule has 7 aromatic carbocycles. The van der Waals surface area contributed by atoms with Gasteiger partial charge in [0.05, 0.1) is 0 Å². The number of benzene rings is 6. The molecule has 3 N–H and O–H groups in total. The summed E-state index contributed by atoms with van der Waals surface area (Å²) in [6.45, 7) is 14.2. The number of hydrogen-bond donors (Lipinski definition) is 3. The van der Waals surface area contributed by atoms with Gasteiger partial charge in [0.25, 0.3) is 0 Å². The van der Waals surface area contributed by atoms with Crippen LogP contribution in [-0.4, -0.2) is 7.85 Å². The van der Waals surface area contributed by atoms with E-state index >= 15 is 0 Å². The Balaban J connectivity index is 1.36. The highest BCUT2D eigenvalue weighted by molar-refractivity contribution is 7.80. The zero-order valence-electron chi connectivity index (χ0n) is 36.9. The first kappa shape index (κ1) is 39.6. The molecule has 2 nitrogen and oxygen atoms in total. The molecule has 0 aliphatic heterocycles. The van der Waals surface area contributed by atoms with Crippen molar-refractivity contribution in [2.45, 2.75) is 75.5 Å². The zero-order chi connectivity index (χ0) is 43.6. The maximum Gasteiger partial charge on any atom is 0.115 e. The van der Waals surface area contributed by atoms with E-state index in [1.165, 1.54) is 50.1 Å². The molecule has 0 amide bonds. The van der Waals surface area contributed by atoms with Gasteiger partial charge >= 0.3 is 0 Å². The van der Waals surface area contributed by atoms with Crippen LogP contribution in [0, 0.1) is 0 Å². The lowest BCUT2D eigenvalue weighted by atomic mass is 9.74. The standard InChI is InChI=1S/C59H51BN2S/c1-57(2)44-24-13-10-19-37(44)51-43-32-48-52(38-20-11-14-25-45(38)58(48,3)4)53(55(43)60)40-22-16-23-41(54-56(61)39-21-12-15-26-46(39)59(54,5)6)50(40)35(27-29-47(51)57)33-62-49-30-28-36(63)31-42(49)34-17-8-7-9-18-34/h7-10,12-19,21-33,62-63H,11,20,61H2,1-6H3/b29-27?,35-33-. The molecule has 4 heteroatoms. The van der Waals surface area contributed by atoms with Crippen LogP contribution in [0.3, 0.4) is 0 Å². The van der Waals surface area contributed by atoms with E-state index in [1.54, 1.807) is 0 Å². The Kier molecular flexibility index (Phi) is 8.89. The second-order valence-electron chi connectivity index (χ2n) is 19.4. The van der Waals surface area contributed by atoms with Gasteiger partial charge in [-0.15, -0.1) is 12.6 Å². The summed E-state index contributed by atoms with van der Waals surface area (Å²) in [5.41, 5.74) is 26.4. The van der Waals surface area contributed by atoms with Gasteiger partial charge in [-0.3, -0.25) is 0 Å². The number of nitrogens with two attached hydrogens (primary N) is 1. The molecule has 0 saturated heterocycles. The van der Waals surface area contributed by atoms with Gasteiger partial charge in [0, 0.05) is 49.9 Å². The second kappa shape index (κ2) is 14.1. The summed E-state index contributed by atoms with van der Waals surface area (Å²) in [5.74, 6) is 0. The number of fused-ring (bicyclic) bond motifs is 12. The van der Waals surface area contributed by atoms with Crippen LogP contribution >= 0.6 is 12.6 Å². The fraction of sp³-hybridized carbons (Fsp3) is 0.186. The van der Waals surface area contributed by atoms with E-state index in [0.717, 1.165) is 89.2 Å². The third kappa shape index (κ3) is 5.73. The third-order valence-electron chi connectivity index (χ3n) is 14.8. The Morgan fingerprint density at radius 2 is 1.30 bits per heavy atom. The zero-order valence-corrected chi connectivity index (χ0v) is 37.8. The van der Waals surface area contributed by atoms with E-state index < -0.39 is 0 Å². The van der Waals surface area contributed by atoms with Crippen molar-refractivity contribution < 1.29 is 0 Å². The maximum atomic E-state index is 7.92. The fourth-order valence-electron chi connectivity index (χ4n) is 11.8. The van der Waals surface area contributed by atoms with E-state index in [-0.39, 0.29) is 16.2 Å². The van der Waals surface area contributed by atoms with E-state index in [1.807, 2.05) is 0 Å². The average Bonchev–Trinajstić information content (AvgIpc) is 3.74. The highest BCUT2D eigenvalue weighted by Gasteiger charge is 2.42. The quantitative estimate of drug-likeness (QED) is 0.122. The first-order chi connectivity index (χ1) is 30.3. The molecular formula is C59H51BN2S. The molecule has 0 unspecified atom stereocenters. The van der Waals surface area contributed by atoms with Gasteiger partial charge < -0.3 is 11.1 Å². The molecule has 0 spiro atoms. The summed E-state index contributed by atoms with van der Waals surface area (Å²) >= 11 is 4.80. The van der Waals surface area contributed by atoms with Crippen molar-refractivity contribution in [1.29, 1.82) is 0 Å². The summed E-state index contributed by atoms with van der Waals surface area (Å²) in [6.07, 6.45) is 8.92. The van der Waals surface area contributed by atoms with Gasteiger partial charge in [0.15, 0.2) is 0 Å². The van der Waals surface area contributed by atoms with E-state index in [4.69, 9.17) is 26.2 Å². The molecule has 0 saturated carbocycles. The minimum atomic E-state index is -0.373. The SMILES string of the molecule is [B]c1c2cc3c(c1c1cccc(C4=C(N)c5ccccc5C4(C)C)c1/c(=C\Nc1ccc(S)cc1-c1ccccc1)ccc1c2-c2ccccc2C1(C)C)C1=C(C=CCC1)C3(C)C. The van der Waals surface area contributed by atoms with Crippen LogP contribution < -0.4 is 21.7 Å². The summed E-state index contributed by atoms with van der Waals surface area (Å²) in [7, 11) is 7.92. The molecule has 0 atom stereocenters. The van der Waals surface area contributed by atoms with Crippen LogP contribution in [0.2, 0.25) is 0 Å². The minimum Gasteiger partial charge on any atom is -0.398 e. The lowest BCUT2D eigenvalue weighted by Gasteiger charge is -2.27. The van der Waals surface area contributed by atoms with Crippen molar-refractivity contribution in [3.05, 3.63) is 195 Å². The molecular weight excluding hydrogens is 780 g/mol. The number of thiol groups is 1. The molecule has 11 rings (SSSR count). The number of nitrogens with one attached hydrogen (secondary N) is 1. The third-order valence-corrected chi connectivity index (χ3v) is 15.1. The topological polar surface area (TPSA) is 38.0 Å². The van der Waals surface area contributed by atoms with Crippen LogP contribution in [0.15, 0.2) is 156 Å². The Bertz CT molecular complexity index is 3360. The smallest absolute Gasteiger partial charge is 0.115 e. The number of anilines is 1. The van der Waals surface area contributed by atoms with Crippen molar-refractivity contribution in [2.75, 3.05) is 5.32 Å². The van der Waals surface area contributed by atoms with E-state index in [9.17, 15) is 0 Å². The monoisotopic (exact) mass is 830 g/mol. The molecule has 4 aliphatic carbocycles. The number of rotatable bonds is 4.